The van der Waals surface area contributed by atoms with Crippen LogP contribution in [0.1, 0.15) is 13.8 Å². The first kappa shape index (κ1) is 11.1. The van der Waals surface area contributed by atoms with E-state index in [0.717, 1.165) is 5.69 Å². The molecule has 16 heavy (non-hydrogen) atoms. The largest absolute Gasteiger partial charge is 0.342 e. The molecule has 1 saturated heterocycles. The van der Waals surface area contributed by atoms with Crippen LogP contribution in [0.15, 0.2) is 16.8 Å². The molecule has 1 aromatic rings. The molecule has 1 N–H and O–H groups in total. The van der Waals surface area contributed by atoms with E-state index < -0.39 is 6.04 Å². The average Bonchev–Trinajstić information content (AvgIpc) is 2.73. The van der Waals surface area contributed by atoms with Crippen molar-refractivity contribution in [1.82, 2.24) is 5.32 Å². The number of hydrogen-bond donors (Lipinski definition) is 1. The van der Waals surface area contributed by atoms with Gasteiger partial charge in [-0.1, -0.05) is 13.8 Å². The minimum absolute atomic E-state index is 0.0204. The number of nitrogens with one attached hydrogen (secondary N) is 1. The minimum atomic E-state index is -0.402. The van der Waals surface area contributed by atoms with E-state index in [9.17, 15) is 9.59 Å². The summed E-state index contributed by atoms with van der Waals surface area (Å²) in [5.74, 6) is -0.00427. The van der Waals surface area contributed by atoms with Crippen LogP contribution < -0.4 is 10.2 Å². The number of nitrogens with zero attached hydrogens (tertiary/aromatic N) is 1. The summed E-state index contributed by atoms with van der Waals surface area (Å²) in [6, 6.07) is 1.46. The van der Waals surface area contributed by atoms with Crippen molar-refractivity contribution in [3.05, 3.63) is 16.8 Å². The quantitative estimate of drug-likeness (QED) is 0.842. The Kier molecular flexibility index (Phi) is 2.96. The standard InChI is InChI=1S/C11H14N2O2S/c1-7(2)10-11(15)13(5-9(14)12-10)8-3-4-16-6-8/h3-4,6-7,10H,5H2,1-2H3,(H,12,14). The van der Waals surface area contributed by atoms with Gasteiger partial charge in [-0.2, -0.15) is 11.3 Å². The zero-order valence-corrected chi connectivity index (χ0v) is 10.1. The van der Waals surface area contributed by atoms with Crippen molar-refractivity contribution in [2.45, 2.75) is 19.9 Å². The molecule has 1 atom stereocenters. The van der Waals surface area contributed by atoms with Crippen LogP contribution in [0.5, 0.6) is 0 Å². The molecule has 1 aliphatic heterocycles. The molecule has 0 saturated carbocycles. The molecule has 2 amide bonds. The first-order valence-corrected chi connectivity index (χ1v) is 6.17. The zero-order chi connectivity index (χ0) is 11.7. The maximum atomic E-state index is 12.1. The van der Waals surface area contributed by atoms with Crippen molar-refractivity contribution in [2.24, 2.45) is 5.92 Å². The fraction of sp³-hybridized carbons (Fsp3) is 0.455. The van der Waals surface area contributed by atoms with Gasteiger partial charge in [-0.25, -0.2) is 0 Å². The summed E-state index contributed by atoms with van der Waals surface area (Å²) in [5.41, 5.74) is 0.815. The molecular weight excluding hydrogens is 224 g/mol. The molecule has 0 radical (unpaired) electrons. The van der Waals surface area contributed by atoms with E-state index in [1.54, 1.807) is 4.90 Å². The molecule has 1 unspecified atom stereocenters. The van der Waals surface area contributed by atoms with Gasteiger partial charge in [-0.15, -0.1) is 0 Å². The molecule has 2 heterocycles. The van der Waals surface area contributed by atoms with Gasteiger partial charge >= 0.3 is 0 Å². The van der Waals surface area contributed by atoms with Gasteiger partial charge in [0.2, 0.25) is 11.8 Å². The Hall–Kier alpha value is -1.36. The number of amides is 2. The number of rotatable bonds is 2. The Morgan fingerprint density at radius 1 is 1.50 bits per heavy atom. The highest BCUT2D eigenvalue weighted by Crippen LogP contribution is 2.22. The maximum absolute atomic E-state index is 12.1. The van der Waals surface area contributed by atoms with Gasteiger partial charge in [-0.05, 0) is 17.4 Å². The Morgan fingerprint density at radius 3 is 2.81 bits per heavy atom. The summed E-state index contributed by atoms with van der Waals surface area (Å²) in [6.45, 7) is 3.98. The van der Waals surface area contributed by atoms with Crippen molar-refractivity contribution in [2.75, 3.05) is 11.4 Å². The molecular formula is C11H14N2O2S. The molecule has 0 aromatic carbocycles. The lowest BCUT2D eigenvalue weighted by Gasteiger charge is -2.33. The van der Waals surface area contributed by atoms with Crippen molar-refractivity contribution >= 4 is 28.8 Å². The molecule has 5 heteroatoms. The van der Waals surface area contributed by atoms with E-state index in [2.05, 4.69) is 5.32 Å². The Labute approximate surface area is 98.3 Å². The van der Waals surface area contributed by atoms with Crippen LogP contribution in [0.25, 0.3) is 0 Å². The van der Waals surface area contributed by atoms with Gasteiger partial charge in [0.25, 0.3) is 0 Å². The van der Waals surface area contributed by atoms with E-state index >= 15 is 0 Å². The number of thiophene rings is 1. The molecule has 0 bridgehead atoms. The first-order valence-electron chi connectivity index (χ1n) is 5.22. The molecule has 0 spiro atoms. The molecule has 2 rings (SSSR count). The average molecular weight is 238 g/mol. The topological polar surface area (TPSA) is 49.4 Å². The fourth-order valence-electron chi connectivity index (χ4n) is 1.75. The maximum Gasteiger partial charge on any atom is 0.250 e. The van der Waals surface area contributed by atoms with E-state index in [1.165, 1.54) is 11.3 Å². The van der Waals surface area contributed by atoms with Crippen molar-refractivity contribution in [1.29, 1.82) is 0 Å². The van der Waals surface area contributed by atoms with Gasteiger partial charge in [0.15, 0.2) is 0 Å². The summed E-state index contributed by atoms with van der Waals surface area (Å²) >= 11 is 1.52. The molecule has 1 fully saturated rings. The van der Waals surface area contributed by atoms with Gasteiger partial charge < -0.3 is 10.2 Å². The van der Waals surface area contributed by atoms with Crippen LogP contribution >= 0.6 is 11.3 Å². The van der Waals surface area contributed by atoms with E-state index in [-0.39, 0.29) is 24.3 Å². The number of piperazine rings is 1. The second-order valence-electron chi connectivity index (χ2n) is 4.20. The molecule has 1 aliphatic rings. The lowest BCUT2D eigenvalue weighted by Crippen LogP contribution is -2.60. The molecule has 4 nitrogen and oxygen atoms in total. The Bertz CT molecular complexity index is 400. The highest BCUT2D eigenvalue weighted by Gasteiger charge is 2.35. The fourth-order valence-corrected chi connectivity index (χ4v) is 2.39. The van der Waals surface area contributed by atoms with Crippen molar-refractivity contribution in [3.8, 4) is 0 Å². The first-order chi connectivity index (χ1) is 7.59. The number of anilines is 1. The molecule has 1 aromatic heterocycles. The Balaban J connectivity index is 2.26. The van der Waals surface area contributed by atoms with Crippen LogP contribution in [0.3, 0.4) is 0 Å². The van der Waals surface area contributed by atoms with Crippen LogP contribution in [0, 0.1) is 5.92 Å². The SMILES string of the molecule is CC(C)C1NC(=O)CN(c2ccsc2)C1=O. The second-order valence-corrected chi connectivity index (χ2v) is 4.98. The van der Waals surface area contributed by atoms with Gasteiger partial charge in [-0.3, -0.25) is 9.59 Å². The van der Waals surface area contributed by atoms with Crippen molar-refractivity contribution in [3.63, 3.8) is 0 Å². The van der Waals surface area contributed by atoms with E-state index in [1.807, 2.05) is 30.7 Å². The van der Waals surface area contributed by atoms with Crippen molar-refractivity contribution < 1.29 is 9.59 Å². The van der Waals surface area contributed by atoms with Gasteiger partial charge in [0, 0.05) is 5.38 Å². The second kappa shape index (κ2) is 4.25. The van der Waals surface area contributed by atoms with Crippen LogP contribution in [-0.2, 0) is 9.59 Å². The smallest absolute Gasteiger partial charge is 0.250 e. The van der Waals surface area contributed by atoms with E-state index in [0.29, 0.717) is 0 Å². The predicted molar refractivity (Wildman–Crippen MR) is 63.4 cm³/mol. The van der Waals surface area contributed by atoms with Crippen LogP contribution in [-0.4, -0.2) is 24.4 Å². The van der Waals surface area contributed by atoms with Crippen LogP contribution in [0.4, 0.5) is 5.69 Å². The summed E-state index contributed by atoms with van der Waals surface area (Å²) in [5, 5.41) is 6.52. The number of carbonyl (C=O) groups excluding carboxylic acids is 2. The highest BCUT2D eigenvalue weighted by molar-refractivity contribution is 7.08. The third-order valence-electron chi connectivity index (χ3n) is 2.63. The zero-order valence-electron chi connectivity index (χ0n) is 9.27. The van der Waals surface area contributed by atoms with E-state index in [4.69, 9.17) is 0 Å². The summed E-state index contributed by atoms with van der Waals surface area (Å²) < 4.78 is 0. The summed E-state index contributed by atoms with van der Waals surface area (Å²) in [6.07, 6.45) is 0. The monoisotopic (exact) mass is 238 g/mol. The minimum Gasteiger partial charge on any atom is -0.342 e. The lowest BCUT2D eigenvalue weighted by molar-refractivity contribution is -0.132. The summed E-state index contributed by atoms with van der Waals surface area (Å²) in [7, 11) is 0. The lowest BCUT2D eigenvalue weighted by atomic mass is 10.0. The van der Waals surface area contributed by atoms with Gasteiger partial charge in [0.05, 0.1) is 5.69 Å². The Morgan fingerprint density at radius 2 is 2.25 bits per heavy atom. The number of carbonyl (C=O) groups is 2. The molecule has 0 aliphatic carbocycles. The highest BCUT2D eigenvalue weighted by atomic mass is 32.1. The molecule has 86 valence electrons. The summed E-state index contributed by atoms with van der Waals surface area (Å²) in [4.78, 5) is 25.2. The number of hydrogen-bond acceptors (Lipinski definition) is 3. The third-order valence-corrected chi connectivity index (χ3v) is 3.31. The van der Waals surface area contributed by atoms with Gasteiger partial charge in [0.1, 0.15) is 12.6 Å². The third kappa shape index (κ3) is 1.95. The normalized spacial score (nSPS) is 21.4. The van der Waals surface area contributed by atoms with Crippen LogP contribution in [0.2, 0.25) is 0 Å². The predicted octanol–water partition coefficient (Wildman–Crippen LogP) is 1.24.